The Kier molecular flexibility index (Phi) is 5.72. The number of halogens is 3. The number of nitrogens with one attached hydrogen (secondary N) is 1. The van der Waals surface area contributed by atoms with E-state index in [1.807, 2.05) is 6.92 Å². The van der Waals surface area contributed by atoms with E-state index in [9.17, 15) is 18.0 Å². The maximum absolute atomic E-state index is 13.2. The molecule has 1 heterocycles. The van der Waals surface area contributed by atoms with Gasteiger partial charge < -0.3 is 14.8 Å². The Morgan fingerprint density at radius 2 is 2.07 bits per heavy atom. The molecule has 0 spiro atoms. The Hall–Kier alpha value is -2.51. The summed E-state index contributed by atoms with van der Waals surface area (Å²) in [6.45, 7) is 2.91. The van der Waals surface area contributed by atoms with E-state index < -0.39 is 11.7 Å². The van der Waals surface area contributed by atoms with Gasteiger partial charge in [-0.25, -0.2) is 9.78 Å². The van der Waals surface area contributed by atoms with Gasteiger partial charge in [-0.2, -0.15) is 13.2 Å². The number of nitrogens with zero attached hydrogens (tertiary/aromatic N) is 3. The average Bonchev–Trinajstić information content (AvgIpc) is 3.38. The molecule has 0 atom stereocenters. The third kappa shape index (κ3) is 4.81. The topological polar surface area (TPSA) is 50.2 Å². The highest BCUT2D eigenvalue weighted by molar-refractivity contribution is 5.74. The van der Waals surface area contributed by atoms with Crippen LogP contribution in [-0.4, -0.2) is 33.1 Å². The lowest BCUT2D eigenvalue weighted by Gasteiger charge is -2.23. The quantitative estimate of drug-likeness (QED) is 0.788. The third-order valence-electron chi connectivity index (χ3n) is 4.55. The first kappa shape index (κ1) is 19.3. The Morgan fingerprint density at radius 1 is 1.33 bits per heavy atom. The predicted octanol–water partition coefficient (Wildman–Crippen LogP) is 4.03. The van der Waals surface area contributed by atoms with Crippen LogP contribution in [0, 0.1) is 0 Å². The molecule has 5 nitrogen and oxygen atoms in total. The first-order valence-electron chi connectivity index (χ1n) is 9.09. The molecule has 2 amide bonds. The maximum atomic E-state index is 13.2. The van der Waals surface area contributed by atoms with Gasteiger partial charge in [0, 0.05) is 31.5 Å². The first-order valence-corrected chi connectivity index (χ1v) is 9.09. The molecule has 0 unspecified atom stereocenters. The number of urea groups is 1. The maximum Gasteiger partial charge on any atom is 0.416 e. The zero-order chi connectivity index (χ0) is 19.4. The fourth-order valence-corrected chi connectivity index (χ4v) is 2.99. The molecule has 3 rings (SSSR count). The number of hydrogen-bond donors (Lipinski definition) is 1. The van der Waals surface area contributed by atoms with Crippen molar-refractivity contribution >= 4 is 6.03 Å². The molecule has 1 fully saturated rings. The molecule has 1 aromatic heterocycles. The second-order valence-corrected chi connectivity index (χ2v) is 6.72. The van der Waals surface area contributed by atoms with Crippen LogP contribution in [0.3, 0.4) is 0 Å². The molecule has 0 saturated heterocycles. The van der Waals surface area contributed by atoms with E-state index in [0.29, 0.717) is 12.4 Å². The van der Waals surface area contributed by atoms with E-state index in [1.165, 1.54) is 12.1 Å². The highest BCUT2D eigenvalue weighted by atomic mass is 19.4. The summed E-state index contributed by atoms with van der Waals surface area (Å²) < 4.78 is 41.4. The van der Waals surface area contributed by atoms with Crippen molar-refractivity contribution in [2.45, 2.75) is 51.5 Å². The molecule has 2 aromatic rings. The summed E-state index contributed by atoms with van der Waals surface area (Å²) in [4.78, 5) is 18.4. The van der Waals surface area contributed by atoms with Gasteiger partial charge in [0.15, 0.2) is 0 Å². The van der Waals surface area contributed by atoms with E-state index in [0.717, 1.165) is 25.3 Å². The van der Waals surface area contributed by atoms with E-state index in [2.05, 4.69) is 10.3 Å². The van der Waals surface area contributed by atoms with Gasteiger partial charge in [-0.05, 0) is 30.9 Å². The number of aromatic nitrogens is 2. The van der Waals surface area contributed by atoms with Gasteiger partial charge >= 0.3 is 12.2 Å². The largest absolute Gasteiger partial charge is 0.416 e. The minimum Gasteiger partial charge on any atom is -0.338 e. The second-order valence-electron chi connectivity index (χ2n) is 6.72. The van der Waals surface area contributed by atoms with Crippen molar-refractivity contribution in [2.75, 3.05) is 6.54 Å². The molecule has 1 N–H and O–H groups in total. The molecule has 27 heavy (non-hydrogen) atoms. The number of imidazole rings is 1. The average molecular weight is 380 g/mol. The molecule has 0 radical (unpaired) electrons. The van der Waals surface area contributed by atoms with Crippen LogP contribution in [0.15, 0.2) is 36.7 Å². The molecule has 1 aromatic carbocycles. The lowest BCUT2D eigenvalue weighted by molar-refractivity contribution is -0.138. The van der Waals surface area contributed by atoms with Crippen LogP contribution in [-0.2, 0) is 19.3 Å². The van der Waals surface area contributed by atoms with Crippen molar-refractivity contribution in [3.63, 3.8) is 0 Å². The van der Waals surface area contributed by atoms with Gasteiger partial charge in [0.05, 0.1) is 12.1 Å². The zero-order valence-electron chi connectivity index (χ0n) is 15.2. The number of rotatable bonds is 7. The van der Waals surface area contributed by atoms with Crippen LogP contribution in [0.1, 0.15) is 43.1 Å². The monoisotopic (exact) mass is 380 g/mol. The van der Waals surface area contributed by atoms with Crippen LogP contribution in [0.5, 0.6) is 0 Å². The zero-order valence-corrected chi connectivity index (χ0v) is 15.2. The summed E-state index contributed by atoms with van der Waals surface area (Å²) in [6.07, 6.45) is 1.52. The van der Waals surface area contributed by atoms with Gasteiger partial charge in [0.2, 0.25) is 0 Å². The van der Waals surface area contributed by atoms with Gasteiger partial charge in [-0.1, -0.05) is 25.1 Å². The highest BCUT2D eigenvalue weighted by Gasteiger charge is 2.34. The standard InChI is InChI=1S/C19H23F3N4O/c1-2-9-24-18(27)26(15-7-8-15)13-17-23-10-11-25(17)12-14-5-3-4-6-16(14)19(20,21)22/h3-6,10-11,15H,2,7-9,12-13H2,1H3,(H,24,27). The number of carbonyl (C=O) groups excluding carboxylic acids is 1. The summed E-state index contributed by atoms with van der Waals surface area (Å²) in [5.74, 6) is 0.575. The summed E-state index contributed by atoms with van der Waals surface area (Å²) in [5, 5.41) is 2.87. The van der Waals surface area contributed by atoms with E-state index in [1.54, 1.807) is 27.9 Å². The molecular formula is C19H23F3N4O. The molecule has 8 heteroatoms. The summed E-state index contributed by atoms with van der Waals surface area (Å²) >= 11 is 0. The lowest BCUT2D eigenvalue weighted by atomic mass is 10.1. The molecule has 0 bridgehead atoms. The van der Waals surface area contributed by atoms with Crippen LogP contribution in [0.25, 0.3) is 0 Å². The summed E-state index contributed by atoms with van der Waals surface area (Å²) in [6, 6.07) is 5.56. The van der Waals surface area contributed by atoms with Gasteiger partial charge in [0.1, 0.15) is 5.82 Å². The predicted molar refractivity (Wildman–Crippen MR) is 95.0 cm³/mol. The van der Waals surface area contributed by atoms with Crippen molar-refractivity contribution in [3.05, 3.63) is 53.6 Å². The van der Waals surface area contributed by atoms with Crippen LogP contribution >= 0.6 is 0 Å². The Balaban J connectivity index is 1.77. The van der Waals surface area contributed by atoms with E-state index >= 15 is 0 Å². The molecular weight excluding hydrogens is 357 g/mol. The molecule has 1 saturated carbocycles. The van der Waals surface area contributed by atoms with Crippen LogP contribution < -0.4 is 5.32 Å². The fourth-order valence-electron chi connectivity index (χ4n) is 2.99. The summed E-state index contributed by atoms with van der Waals surface area (Å²) in [7, 11) is 0. The van der Waals surface area contributed by atoms with E-state index in [-0.39, 0.29) is 30.7 Å². The smallest absolute Gasteiger partial charge is 0.338 e. The van der Waals surface area contributed by atoms with Crippen molar-refractivity contribution < 1.29 is 18.0 Å². The van der Waals surface area contributed by atoms with Crippen LogP contribution in [0.2, 0.25) is 0 Å². The Bertz CT molecular complexity index is 783. The van der Waals surface area contributed by atoms with Gasteiger partial charge in [-0.3, -0.25) is 0 Å². The minimum absolute atomic E-state index is 0.0557. The van der Waals surface area contributed by atoms with Crippen molar-refractivity contribution in [1.82, 2.24) is 19.8 Å². The number of benzene rings is 1. The minimum atomic E-state index is -4.41. The van der Waals surface area contributed by atoms with Crippen molar-refractivity contribution in [3.8, 4) is 0 Å². The second kappa shape index (κ2) is 8.02. The molecule has 0 aliphatic heterocycles. The third-order valence-corrected chi connectivity index (χ3v) is 4.55. The molecule has 1 aliphatic rings. The normalized spacial score (nSPS) is 14.2. The van der Waals surface area contributed by atoms with Crippen molar-refractivity contribution in [1.29, 1.82) is 0 Å². The fraction of sp³-hybridized carbons (Fsp3) is 0.474. The number of carbonyl (C=O) groups is 1. The number of amides is 2. The lowest BCUT2D eigenvalue weighted by Crippen LogP contribution is -2.41. The van der Waals surface area contributed by atoms with Crippen molar-refractivity contribution in [2.24, 2.45) is 0 Å². The first-order chi connectivity index (χ1) is 12.9. The molecule has 146 valence electrons. The summed E-state index contributed by atoms with van der Waals surface area (Å²) in [5.41, 5.74) is -0.470. The SMILES string of the molecule is CCCNC(=O)N(Cc1nccn1Cc1ccccc1C(F)(F)F)C1CC1. The molecule has 1 aliphatic carbocycles. The van der Waals surface area contributed by atoms with Gasteiger partial charge in [0.25, 0.3) is 0 Å². The number of hydrogen-bond acceptors (Lipinski definition) is 2. The van der Waals surface area contributed by atoms with Crippen LogP contribution in [0.4, 0.5) is 18.0 Å². The Morgan fingerprint density at radius 3 is 2.74 bits per heavy atom. The van der Waals surface area contributed by atoms with E-state index in [4.69, 9.17) is 0 Å². The highest BCUT2D eigenvalue weighted by Crippen LogP contribution is 2.32. The van der Waals surface area contributed by atoms with Gasteiger partial charge in [-0.15, -0.1) is 0 Å². The number of alkyl halides is 3. The Labute approximate surface area is 156 Å².